The number of carbonyl (C=O) groups excluding carboxylic acids is 1. The monoisotopic (exact) mass is 619 g/mol. The molecule has 2 aromatic carbocycles. The molecule has 0 aliphatic carbocycles. The maximum atomic E-state index is 13.9. The Hall–Kier alpha value is -4.13. The van der Waals surface area contributed by atoms with Crippen molar-refractivity contribution in [1.29, 1.82) is 0 Å². The highest BCUT2D eigenvalue weighted by Gasteiger charge is 2.34. The summed E-state index contributed by atoms with van der Waals surface area (Å²) in [5, 5.41) is 0.664. The predicted octanol–water partition coefficient (Wildman–Crippen LogP) is 5.17. The van der Waals surface area contributed by atoms with Crippen LogP contribution >= 0.6 is 34.4 Å². The van der Waals surface area contributed by atoms with Crippen molar-refractivity contribution in [3.05, 3.63) is 96.9 Å². The summed E-state index contributed by atoms with van der Waals surface area (Å²) in [5.41, 5.74) is 2.07. The first-order valence-corrected chi connectivity index (χ1v) is 15.4. The Kier molecular flexibility index (Phi) is 7.76. The lowest BCUT2D eigenvalue weighted by atomic mass is 9.95. The zero-order valence-corrected chi connectivity index (χ0v) is 25.5. The molecule has 1 aliphatic rings. The Balaban J connectivity index is 1.41. The second kappa shape index (κ2) is 11.6. The van der Waals surface area contributed by atoms with Crippen LogP contribution in [0.4, 0.5) is 0 Å². The van der Waals surface area contributed by atoms with Crippen molar-refractivity contribution < 1.29 is 23.4 Å². The van der Waals surface area contributed by atoms with Crippen LogP contribution in [0, 0.1) is 0 Å². The lowest BCUT2D eigenvalue weighted by Gasteiger charge is -2.25. The Morgan fingerprint density at radius 2 is 1.90 bits per heavy atom. The van der Waals surface area contributed by atoms with E-state index in [0.29, 0.717) is 42.9 Å². The first-order chi connectivity index (χ1) is 20.4. The van der Waals surface area contributed by atoms with Crippen LogP contribution in [-0.4, -0.2) is 36.3 Å². The molecule has 0 fully saturated rings. The van der Waals surface area contributed by atoms with Gasteiger partial charge in [0.25, 0.3) is 5.56 Å². The van der Waals surface area contributed by atoms with Crippen molar-refractivity contribution >= 4 is 56.7 Å². The van der Waals surface area contributed by atoms with Crippen LogP contribution in [0.25, 0.3) is 16.3 Å². The number of carbonyl (C=O) groups is 1. The van der Waals surface area contributed by atoms with Gasteiger partial charge in [0.15, 0.2) is 25.7 Å². The van der Waals surface area contributed by atoms with E-state index in [1.165, 1.54) is 34.8 Å². The molecule has 0 N–H and O–H groups in total. The molecule has 0 radical (unpaired) electrons. The summed E-state index contributed by atoms with van der Waals surface area (Å²) in [6.07, 6.45) is 1.70. The third kappa shape index (κ3) is 5.17. The van der Waals surface area contributed by atoms with Gasteiger partial charge in [-0.15, -0.1) is 11.3 Å². The second-order valence-electron chi connectivity index (χ2n) is 9.12. The molecule has 9 nitrogen and oxygen atoms in total. The van der Waals surface area contributed by atoms with Gasteiger partial charge in [-0.25, -0.2) is 14.8 Å². The minimum atomic E-state index is -0.774. The molecule has 1 atom stereocenters. The molecule has 0 amide bonds. The Morgan fingerprint density at radius 1 is 1.10 bits per heavy atom. The molecule has 42 heavy (non-hydrogen) atoms. The number of methoxy groups -OCH3 is 2. The van der Waals surface area contributed by atoms with Crippen LogP contribution in [0.15, 0.2) is 89.5 Å². The summed E-state index contributed by atoms with van der Waals surface area (Å²) in [6, 6.07) is 16.2. The van der Waals surface area contributed by atoms with E-state index in [2.05, 4.69) is 9.98 Å². The molecule has 0 bridgehead atoms. The number of rotatable bonds is 8. The van der Waals surface area contributed by atoms with E-state index in [1.54, 1.807) is 56.6 Å². The van der Waals surface area contributed by atoms with Crippen LogP contribution in [0.2, 0.25) is 0 Å². The zero-order chi connectivity index (χ0) is 29.4. The van der Waals surface area contributed by atoms with Crippen LogP contribution in [0.1, 0.15) is 31.2 Å². The number of para-hydroxylation sites is 1. The fourth-order valence-electron chi connectivity index (χ4n) is 4.71. The summed E-state index contributed by atoms with van der Waals surface area (Å²) in [5.74, 6) is 0.997. The Labute approximate surface area is 252 Å². The van der Waals surface area contributed by atoms with Gasteiger partial charge in [0.1, 0.15) is 5.76 Å². The van der Waals surface area contributed by atoms with Gasteiger partial charge >= 0.3 is 5.97 Å². The number of benzene rings is 2. The molecule has 1 aliphatic heterocycles. The number of nitrogens with zero attached hydrogens (tertiary/aromatic N) is 3. The first kappa shape index (κ1) is 28.0. The van der Waals surface area contributed by atoms with Gasteiger partial charge in [0, 0.05) is 6.08 Å². The fourth-order valence-corrected chi connectivity index (χ4v) is 7.70. The second-order valence-corrected chi connectivity index (χ2v) is 12.4. The number of furan rings is 1. The highest BCUT2D eigenvalue weighted by molar-refractivity contribution is 8.01. The van der Waals surface area contributed by atoms with E-state index >= 15 is 0 Å². The maximum absolute atomic E-state index is 13.9. The number of fused-ring (bicyclic) bond motifs is 2. The van der Waals surface area contributed by atoms with Gasteiger partial charge in [-0.2, -0.15) is 0 Å². The highest BCUT2D eigenvalue weighted by atomic mass is 32.2. The predicted molar refractivity (Wildman–Crippen MR) is 162 cm³/mol. The summed E-state index contributed by atoms with van der Waals surface area (Å²) in [6.45, 7) is 3.67. The number of hydrogen-bond acceptors (Lipinski definition) is 11. The SMILES string of the molecule is CCOC(=O)C1=C(C)N=c2s/c(=C\c3ccc(Sc4nc5ccccc5s4)o3)c(=O)n2[C@@H]1c1ccc(OC)c(OC)c1. The minimum Gasteiger partial charge on any atom is -0.493 e. The lowest BCUT2D eigenvalue weighted by Crippen LogP contribution is -2.39. The summed E-state index contributed by atoms with van der Waals surface area (Å²) >= 11 is 4.25. The van der Waals surface area contributed by atoms with Crippen LogP contribution < -0.4 is 24.4 Å². The quantitative estimate of drug-likeness (QED) is 0.219. The van der Waals surface area contributed by atoms with Crippen LogP contribution in [0.3, 0.4) is 0 Å². The molecule has 0 saturated heterocycles. The zero-order valence-electron chi connectivity index (χ0n) is 23.1. The van der Waals surface area contributed by atoms with Crippen LogP contribution in [-0.2, 0) is 9.53 Å². The molecule has 5 aromatic rings. The van der Waals surface area contributed by atoms with Crippen LogP contribution in [0.5, 0.6) is 11.5 Å². The molecule has 214 valence electrons. The van der Waals surface area contributed by atoms with Gasteiger partial charge in [-0.05, 0) is 67.6 Å². The fraction of sp³-hybridized carbons (Fsp3) is 0.200. The van der Waals surface area contributed by atoms with Crippen molar-refractivity contribution in [1.82, 2.24) is 9.55 Å². The Bertz CT molecular complexity index is 2000. The lowest BCUT2D eigenvalue weighted by molar-refractivity contribution is -0.139. The number of aromatic nitrogens is 2. The standard InChI is InChI=1S/C30H25N3O6S3/c1-5-38-28(35)25-16(2)31-29-33(26(25)17-10-12-20(36-3)21(14-17)37-4)27(34)23(40-29)15-18-11-13-24(39-18)42-30-32-19-8-6-7-9-22(19)41-30/h6-15,26H,5H2,1-4H3/b23-15-/t26-/m1/s1. The molecule has 0 saturated carbocycles. The smallest absolute Gasteiger partial charge is 0.338 e. The number of ether oxygens (including phenoxy) is 3. The van der Waals surface area contributed by atoms with Crippen molar-refractivity contribution in [3.63, 3.8) is 0 Å². The van der Waals surface area contributed by atoms with E-state index in [9.17, 15) is 9.59 Å². The largest absolute Gasteiger partial charge is 0.493 e. The highest BCUT2D eigenvalue weighted by Crippen LogP contribution is 2.37. The first-order valence-electron chi connectivity index (χ1n) is 12.9. The molecule has 3 aromatic heterocycles. The molecule has 0 spiro atoms. The van der Waals surface area contributed by atoms with Crippen molar-refractivity contribution in [2.75, 3.05) is 20.8 Å². The number of allylic oxidation sites excluding steroid dienone is 1. The minimum absolute atomic E-state index is 0.189. The van der Waals surface area contributed by atoms with Crippen molar-refractivity contribution in [3.8, 4) is 11.5 Å². The van der Waals surface area contributed by atoms with Gasteiger partial charge in [0.05, 0.1) is 52.9 Å². The third-order valence-electron chi connectivity index (χ3n) is 6.58. The maximum Gasteiger partial charge on any atom is 0.338 e. The van der Waals surface area contributed by atoms with E-state index in [-0.39, 0.29) is 17.7 Å². The summed E-state index contributed by atoms with van der Waals surface area (Å²) < 4.78 is 26.2. The average Bonchev–Trinajstić information content (AvgIpc) is 3.69. The normalized spacial score (nSPS) is 15.0. The molecule has 4 heterocycles. The average molecular weight is 620 g/mol. The molecular weight excluding hydrogens is 595 g/mol. The van der Waals surface area contributed by atoms with E-state index < -0.39 is 12.0 Å². The number of esters is 1. The van der Waals surface area contributed by atoms with Crippen molar-refractivity contribution in [2.24, 2.45) is 4.99 Å². The number of hydrogen-bond donors (Lipinski definition) is 0. The van der Waals surface area contributed by atoms with Gasteiger partial charge in [-0.3, -0.25) is 9.36 Å². The van der Waals surface area contributed by atoms with Crippen molar-refractivity contribution in [2.45, 2.75) is 29.3 Å². The number of thiazole rings is 2. The molecule has 12 heteroatoms. The third-order valence-corrected chi connectivity index (χ3v) is 9.58. The molecule has 0 unspecified atom stereocenters. The molecular formula is C30H25N3O6S3. The van der Waals surface area contributed by atoms with E-state index in [0.717, 1.165) is 14.6 Å². The van der Waals surface area contributed by atoms with Gasteiger partial charge in [-0.1, -0.05) is 29.5 Å². The van der Waals surface area contributed by atoms with Gasteiger partial charge in [0.2, 0.25) is 0 Å². The van der Waals surface area contributed by atoms with Gasteiger partial charge < -0.3 is 18.6 Å². The molecule has 6 rings (SSSR count). The van der Waals surface area contributed by atoms with E-state index in [1.807, 2.05) is 36.4 Å². The Morgan fingerprint density at radius 3 is 2.67 bits per heavy atom. The summed E-state index contributed by atoms with van der Waals surface area (Å²) in [4.78, 5) is 36.8. The topological polar surface area (TPSA) is 105 Å². The summed E-state index contributed by atoms with van der Waals surface area (Å²) in [7, 11) is 3.08. The van der Waals surface area contributed by atoms with E-state index in [4.69, 9.17) is 18.6 Å².